The smallest absolute Gasteiger partial charge is 0.410 e. The number of pyridine rings is 1. The van der Waals surface area contributed by atoms with Crippen LogP contribution < -0.4 is 20.7 Å². The van der Waals surface area contributed by atoms with Gasteiger partial charge >= 0.3 is 12.1 Å². The van der Waals surface area contributed by atoms with E-state index in [0.29, 0.717) is 29.7 Å². The molecule has 0 radical (unpaired) electrons. The summed E-state index contributed by atoms with van der Waals surface area (Å²) in [6.07, 6.45) is 4.48. The third kappa shape index (κ3) is 8.47. The SMILES string of the molecule is CN(CCSSc1ccccn1)C(=O)Oc1ccc(NC(=O)CCCC[C@@H]2SC[C@@H]3NC(=O)N[C@@H]32)cc1. The number of fused-ring (bicyclic) bond motifs is 1. The molecule has 2 aromatic rings. The second-order valence-electron chi connectivity index (χ2n) is 8.80. The minimum absolute atomic E-state index is 0.0432. The summed E-state index contributed by atoms with van der Waals surface area (Å²) < 4.78 is 5.43. The van der Waals surface area contributed by atoms with Gasteiger partial charge in [-0.25, -0.2) is 14.6 Å². The molecule has 0 aliphatic carbocycles. The highest BCUT2D eigenvalue weighted by atomic mass is 33.1. The number of unbranched alkanes of at least 4 members (excludes halogenated alkanes) is 1. The Bertz CT molecular complexity index is 1060. The van der Waals surface area contributed by atoms with Crippen LogP contribution in [0, 0.1) is 0 Å². The lowest BCUT2D eigenvalue weighted by Crippen LogP contribution is -2.36. The number of ether oxygens (including phenoxy) is 1. The van der Waals surface area contributed by atoms with Crippen molar-refractivity contribution in [2.75, 3.05) is 30.4 Å². The van der Waals surface area contributed by atoms with E-state index in [1.54, 1.807) is 59.1 Å². The van der Waals surface area contributed by atoms with E-state index < -0.39 is 6.09 Å². The lowest BCUT2D eigenvalue weighted by atomic mass is 10.0. The summed E-state index contributed by atoms with van der Waals surface area (Å²) in [6.45, 7) is 0.545. The van der Waals surface area contributed by atoms with Crippen LogP contribution in [0.5, 0.6) is 5.75 Å². The number of anilines is 1. The molecule has 12 heteroatoms. The van der Waals surface area contributed by atoms with Crippen molar-refractivity contribution < 1.29 is 19.1 Å². The van der Waals surface area contributed by atoms with Crippen molar-refractivity contribution in [3.8, 4) is 5.75 Å². The molecule has 37 heavy (non-hydrogen) atoms. The van der Waals surface area contributed by atoms with Gasteiger partial charge in [0.1, 0.15) is 10.8 Å². The van der Waals surface area contributed by atoms with Gasteiger partial charge in [-0.15, -0.1) is 0 Å². The summed E-state index contributed by atoms with van der Waals surface area (Å²) >= 11 is 1.89. The molecule has 1 aromatic carbocycles. The Morgan fingerprint density at radius 1 is 1.19 bits per heavy atom. The molecule has 9 nitrogen and oxygen atoms in total. The predicted molar refractivity (Wildman–Crippen MR) is 150 cm³/mol. The van der Waals surface area contributed by atoms with E-state index >= 15 is 0 Å². The van der Waals surface area contributed by atoms with Crippen LogP contribution in [-0.4, -0.2) is 70.3 Å². The fraction of sp³-hybridized carbons (Fsp3) is 0.440. The zero-order chi connectivity index (χ0) is 26.0. The topological polar surface area (TPSA) is 113 Å². The molecule has 2 saturated heterocycles. The average Bonchev–Trinajstić information content (AvgIpc) is 3.45. The van der Waals surface area contributed by atoms with Crippen molar-refractivity contribution in [1.82, 2.24) is 20.5 Å². The fourth-order valence-corrected chi connectivity index (χ4v) is 7.51. The van der Waals surface area contributed by atoms with Crippen LogP contribution in [0.1, 0.15) is 25.7 Å². The van der Waals surface area contributed by atoms with E-state index in [9.17, 15) is 14.4 Å². The van der Waals surface area contributed by atoms with Crippen LogP contribution in [0.4, 0.5) is 15.3 Å². The minimum atomic E-state index is -0.431. The first-order valence-corrected chi connectivity index (χ1v) is 15.6. The van der Waals surface area contributed by atoms with Gasteiger partial charge in [0.05, 0.1) is 12.1 Å². The number of thioether (sulfide) groups is 1. The second-order valence-corrected chi connectivity index (χ2v) is 12.5. The van der Waals surface area contributed by atoms with Crippen molar-refractivity contribution in [2.24, 2.45) is 0 Å². The number of carbonyl (C=O) groups is 3. The van der Waals surface area contributed by atoms with Gasteiger partial charge in [-0.1, -0.05) is 23.3 Å². The van der Waals surface area contributed by atoms with Gasteiger partial charge in [0, 0.05) is 48.7 Å². The molecule has 4 amide bonds. The highest BCUT2D eigenvalue weighted by Gasteiger charge is 2.42. The molecular formula is C25H31N5O4S3. The van der Waals surface area contributed by atoms with Gasteiger partial charge in [-0.3, -0.25) is 4.79 Å². The summed E-state index contributed by atoms with van der Waals surface area (Å²) in [4.78, 5) is 41.9. The molecule has 0 saturated carbocycles. The zero-order valence-corrected chi connectivity index (χ0v) is 23.0. The largest absolute Gasteiger partial charge is 0.414 e. The van der Waals surface area contributed by atoms with E-state index in [1.165, 1.54) is 4.90 Å². The van der Waals surface area contributed by atoms with Gasteiger partial charge in [0.25, 0.3) is 0 Å². The van der Waals surface area contributed by atoms with E-state index in [-0.39, 0.29) is 24.0 Å². The average molecular weight is 562 g/mol. The number of carbonyl (C=O) groups excluding carboxylic acids is 3. The summed E-state index contributed by atoms with van der Waals surface area (Å²) in [5.74, 6) is 2.07. The molecule has 198 valence electrons. The van der Waals surface area contributed by atoms with Crippen molar-refractivity contribution in [2.45, 2.75) is 48.0 Å². The van der Waals surface area contributed by atoms with Crippen LogP contribution in [0.3, 0.4) is 0 Å². The Morgan fingerprint density at radius 3 is 2.81 bits per heavy atom. The van der Waals surface area contributed by atoms with Crippen LogP contribution in [0.15, 0.2) is 53.7 Å². The molecule has 3 N–H and O–H groups in total. The van der Waals surface area contributed by atoms with E-state index in [1.807, 2.05) is 30.0 Å². The number of hydrogen-bond donors (Lipinski definition) is 3. The molecule has 2 fully saturated rings. The maximum atomic E-state index is 12.3. The minimum Gasteiger partial charge on any atom is -0.410 e. The summed E-state index contributed by atoms with van der Waals surface area (Å²) in [6, 6.07) is 12.9. The summed E-state index contributed by atoms with van der Waals surface area (Å²) in [5.41, 5.74) is 0.662. The Labute approximate surface area is 229 Å². The molecule has 0 spiro atoms. The van der Waals surface area contributed by atoms with E-state index in [2.05, 4.69) is 20.9 Å². The van der Waals surface area contributed by atoms with Crippen molar-refractivity contribution in [3.63, 3.8) is 0 Å². The number of amides is 4. The molecule has 2 aliphatic heterocycles. The Balaban J connectivity index is 1.09. The molecule has 4 rings (SSSR count). The molecule has 3 heterocycles. The molecule has 0 bridgehead atoms. The number of rotatable bonds is 12. The highest BCUT2D eigenvalue weighted by Crippen LogP contribution is 2.33. The molecule has 1 aromatic heterocycles. The van der Waals surface area contributed by atoms with Crippen LogP contribution in [-0.2, 0) is 4.79 Å². The number of urea groups is 1. The van der Waals surface area contributed by atoms with Gasteiger partial charge in [-0.05, 0) is 60.0 Å². The standard InChI is InChI=1S/C25H31N5O4S3/c1-30(14-15-36-37-22-8-4-5-13-26-22)25(33)34-18-11-9-17(10-12-18)27-21(31)7-3-2-6-20-23-19(16-35-20)28-24(32)29-23/h4-5,8-13,19-20,23H,2-3,6-7,14-16H2,1H3,(H,27,31)(H2,28,29,32)/t19-,20-,23-/m0/s1. The Morgan fingerprint density at radius 2 is 2.03 bits per heavy atom. The van der Waals surface area contributed by atoms with Gasteiger partial charge in [-0.2, -0.15) is 11.8 Å². The summed E-state index contributed by atoms with van der Waals surface area (Å²) in [7, 11) is 4.91. The molecular weight excluding hydrogens is 531 g/mol. The normalized spacial score (nSPS) is 20.0. The maximum absolute atomic E-state index is 12.3. The fourth-order valence-electron chi connectivity index (χ4n) is 4.05. The number of nitrogens with one attached hydrogen (secondary N) is 3. The molecule has 3 atom stereocenters. The lowest BCUT2D eigenvalue weighted by Gasteiger charge is -2.16. The predicted octanol–water partition coefficient (Wildman–Crippen LogP) is 4.62. The third-order valence-electron chi connectivity index (χ3n) is 6.03. The first-order chi connectivity index (χ1) is 18.0. The van der Waals surface area contributed by atoms with Gasteiger partial charge in [0.2, 0.25) is 5.91 Å². The van der Waals surface area contributed by atoms with Crippen LogP contribution in [0.2, 0.25) is 0 Å². The van der Waals surface area contributed by atoms with Crippen LogP contribution >= 0.6 is 33.3 Å². The highest BCUT2D eigenvalue weighted by molar-refractivity contribution is 8.76. The number of benzene rings is 1. The number of hydrogen-bond acceptors (Lipinski definition) is 8. The monoisotopic (exact) mass is 561 g/mol. The molecule has 0 unspecified atom stereocenters. The van der Waals surface area contributed by atoms with E-state index in [4.69, 9.17) is 4.74 Å². The lowest BCUT2D eigenvalue weighted by molar-refractivity contribution is -0.116. The number of aromatic nitrogens is 1. The quantitative estimate of drug-likeness (QED) is 0.196. The van der Waals surface area contributed by atoms with Gasteiger partial charge < -0.3 is 25.6 Å². The maximum Gasteiger partial charge on any atom is 0.414 e. The third-order valence-corrected chi connectivity index (χ3v) is 9.78. The van der Waals surface area contributed by atoms with Crippen molar-refractivity contribution >= 4 is 57.1 Å². The van der Waals surface area contributed by atoms with Crippen molar-refractivity contribution in [3.05, 3.63) is 48.7 Å². The first-order valence-electron chi connectivity index (χ1n) is 12.2. The summed E-state index contributed by atoms with van der Waals surface area (Å²) in [5, 5.41) is 10.2. The zero-order valence-electron chi connectivity index (χ0n) is 20.6. The Hall–Kier alpha value is -2.57. The van der Waals surface area contributed by atoms with Gasteiger partial charge in [0.15, 0.2) is 0 Å². The molecule has 2 aliphatic rings. The number of nitrogens with zero attached hydrogens (tertiary/aromatic N) is 2. The second kappa shape index (κ2) is 13.8. The van der Waals surface area contributed by atoms with Crippen molar-refractivity contribution in [1.29, 1.82) is 0 Å². The first kappa shape index (κ1) is 27.5. The Kier molecular flexibility index (Phi) is 10.3. The van der Waals surface area contributed by atoms with Crippen LogP contribution in [0.25, 0.3) is 0 Å². The van der Waals surface area contributed by atoms with E-state index in [0.717, 1.165) is 35.8 Å².